The lowest BCUT2D eigenvalue weighted by Crippen LogP contribution is -2.11. The van der Waals surface area contributed by atoms with Gasteiger partial charge in [-0.1, -0.05) is 29.8 Å². The molecule has 0 saturated heterocycles. The molecule has 0 aromatic heterocycles. The second-order valence-corrected chi connectivity index (χ2v) is 5.11. The molecule has 0 heterocycles. The van der Waals surface area contributed by atoms with E-state index in [-0.39, 0.29) is 5.78 Å². The molecule has 0 fully saturated rings. The van der Waals surface area contributed by atoms with Gasteiger partial charge in [-0.05, 0) is 30.2 Å². The molecule has 0 amide bonds. The Morgan fingerprint density at radius 3 is 2.59 bits per heavy atom. The van der Waals surface area contributed by atoms with Crippen LogP contribution in [0.3, 0.4) is 0 Å². The monoisotopic (exact) mass is 299 g/mol. The molecule has 17 heavy (non-hydrogen) atoms. The zero-order chi connectivity index (χ0) is 13.0. The van der Waals surface area contributed by atoms with E-state index in [0.29, 0.717) is 30.2 Å². The van der Waals surface area contributed by atoms with Crippen molar-refractivity contribution in [3.63, 3.8) is 0 Å². The Hall–Kier alpha value is -0.870. The summed E-state index contributed by atoms with van der Waals surface area (Å²) in [5, 5.41) is 0. The van der Waals surface area contributed by atoms with Crippen LogP contribution in [0.2, 0.25) is 0 Å². The Balaban J connectivity index is 3.32. The first-order valence-electron chi connectivity index (χ1n) is 5.62. The largest absolute Gasteiger partial charge is 0.496 e. The van der Waals surface area contributed by atoms with Gasteiger partial charge in [0.2, 0.25) is 0 Å². The third-order valence-electron chi connectivity index (χ3n) is 2.58. The average molecular weight is 300 g/mol. The van der Waals surface area contributed by atoms with E-state index in [9.17, 15) is 4.79 Å². The van der Waals surface area contributed by atoms with Crippen molar-refractivity contribution in [1.82, 2.24) is 0 Å². The summed E-state index contributed by atoms with van der Waals surface area (Å²) in [6.45, 7) is 4.49. The molecule has 0 bridgehead atoms. The molecule has 0 atom stereocenters. The summed E-state index contributed by atoms with van der Waals surface area (Å²) in [5.74, 6) is 0.987. The smallest absolute Gasteiger partial charge is 0.167 e. The van der Waals surface area contributed by atoms with E-state index in [1.807, 2.05) is 6.07 Å². The minimum Gasteiger partial charge on any atom is -0.496 e. The van der Waals surface area contributed by atoms with Crippen molar-refractivity contribution in [1.29, 1.82) is 0 Å². The minimum atomic E-state index is 0.0209. The number of rotatable bonds is 5. The van der Waals surface area contributed by atoms with Crippen molar-refractivity contribution in [2.75, 3.05) is 13.7 Å². The highest BCUT2D eigenvalue weighted by Gasteiger charge is 2.18. The maximum absolute atomic E-state index is 12.0. The van der Waals surface area contributed by atoms with Crippen LogP contribution >= 0.6 is 15.9 Å². The Kier molecular flexibility index (Phi) is 5.15. The van der Waals surface area contributed by atoms with Crippen molar-refractivity contribution in [3.05, 3.63) is 27.7 Å². The molecule has 1 aromatic rings. The number of ether oxygens (including phenoxy) is 1. The fourth-order valence-corrected chi connectivity index (χ4v) is 2.22. The van der Waals surface area contributed by atoms with Gasteiger partial charge in [0.05, 0.1) is 12.7 Å². The van der Waals surface area contributed by atoms with Gasteiger partial charge in [0, 0.05) is 10.9 Å². The van der Waals surface area contributed by atoms with Crippen LogP contribution in [-0.2, 0) is 0 Å². The van der Waals surface area contributed by atoms with Gasteiger partial charge >= 0.3 is 0 Å². The van der Waals surface area contributed by atoms with Crippen LogP contribution in [-0.4, -0.2) is 19.4 Å². The van der Waals surface area contributed by atoms with Crippen LogP contribution in [0.4, 0.5) is 0 Å². The maximum atomic E-state index is 12.0. The summed E-state index contributed by atoms with van der Waals surface area (Å²) in [6.07, 6.45) is 0.338. The zero-order valence-electron chi connectivity index (χ0n) is 10.4. The van der Waals surface area contributed by atoms with Crippen molar-refractivity contribution >= 4 is 21.7 Å². The van der Waals surface area contributed by atoms with Crippen LogP contribution in [0.15, 0.2) is 16.6 Å². The topological polar surface area (TPSA) is 52.3 Å². The molecular weight excluding hydrogens is 282 g/mol. The summed E-state index contributed by atoms with van der Waals surface area (Å²) < 4.78 is 6.27. The second-order valence-electron chi connectivity index (χ2n) is 4.19. The zero-order valence-corrected chi connectivity index (χ0v) is 12.0. The summed E-state index contributed by atoms with van der Waals surface area (Å²) in [4.78, 5) is 12.0. The van der Waals surface area contributed by atoms with Crippen molar-refractivity contribution < 1.29 is 9.53 Å². The summed E-state index contributed by atoms with van der Waals surface area (Å²) in [5.41, 5.74) is 7.06. The van der Waals surface area contributed by atoms with E-state index in [1.165, 1.54) is 0 Å². The molecule has 1 rings (SSSR count). The van der Waals surface area contributed by atoms with Gasteiger partial charge in [0.15, 0.2) is 5.78 Å². The highest BCUT2D eigenvalue weighted by molar-refractivity contribution is 9.10. The summed E-state index contributed by atoms with van der Waals surface area (Å²) in [6, 6.07) is 3.78. The summed E-state index contributed by atoms with van der Waals surface area (Å²) in [7, 11) is 1.59. The quantitative estimate of drug-likeness (QED) is 0.850. The first kappa shape index (κ1) is 14.2. The van der Waals surface area contributed by atoms with Gasteiger partial charge in [-0.25, -0.2) is 0 Å². The van der Waals surface area contributed by atoms with Gasteiger partial charge in [0.1, 0.15) is 5.75 Å². The number of nitrogens with two attached hydrogens (primary N) is 1. The Labute approximate surface area is 110 Å². The van der Waals surface area contributed by atoms with Crippen molar-refractivity contribution in [2.45, 2.75) is 26.2 Å². The fourth-order valence-electron chi connectivity index (χ4n) is 1.74. The SMILES string of the molecule is COc1c(C(=O)CCN)cc(Br)cc1C(C)C. The molecule has 1 aromatic carbocycles. The Bertz CT molecular complexity index is 416. The predicted molar refractivity (Wildman–Crippen MR) is 72.8 cm³/mol. The molecule has 0 unspecified atom stereocenters. The third-order valence-corrected chi connectivity index (χ3v) is 3.04. The number of carbonyl (C=O) groups is 1. The lowest BCUT2D eigenvalue weighted by molar-refractivity contribution is 0.0982. The van der Waals surface area contributed by atoms with Crippen LogP contribution in [0.25, 0.3) is 0 Å². The number of halogens is 1. The predicted octanol–water partition coefficient (Wildman–Crippen LogP) is 3.11. The number of hydrogen-bond donors (Lipinski definition) is 1. The fraction of sp³-hybridized carbons (Fsp3) is 0.462. The van der Waals surface area contributed by atoms with Gasteiger partial charge in [0.25, 0.3) is 0 Å². The van der Waals surface area contributed by atoms with Crippen LogP contribution in [0.5, 0.6) is 5.75 Å². The van der Waals surface area contributed by atoms with E-state index < -0.39 is 0 Å². The Morgan fingerprint density at radius 2 is 2.12 bits per heavy atom. The molecule has 0 aliphatic heterocycles. The molecule has 0 saturated carbocycles. The van der Waals surface area contributed by atoms with Gasteiger partial charge in [-0.15, -0.1) is 0 Å². The first-order chi connectivity index (χ1) is 8.01. The lowest BCUT2D eigenvalue weighted by atomic mass is 9.96. The standard InChI is InChI=1S/C13H18BrNO2/c1-8(2)10-6-9(14)7-11(13(10)17-3)12(16)4-5-15/h6-8H,4-5,15H2,1-3H3. The third kappa shape index (κ3) is 3.30. The molecule has 2 N–H and O–H groups in total. The van der Waals surface area contributed by atoms with Crippen LogP contribution in [0.1, 0.15) is 42.1 Å². The molecular formula is C13H18BrNO2. The van der Waals surface area contributed by atoms with Gasteiger partial charge in [-0.2, -0.15) is 0 Å². The van der Waals surface area contributed by atoms with E-state index in [1.54, 1.807) is 13.2 Å². The van der Waals surface area contributed by atoms with Gasteiger partial charge < -0.3 is 10.5 Å². The van der Waals surface area contributed by atoms with E-state index in [4.69, 9.17) is 10.5 Å². The van der Waals surface area contributed by atoms with Crippen molar-refractivity contribution in [3.8, 4) is 5.75 Å². The van der Waals surface area contributed by atoms with E-state index in [2.05, 4.69) is 29.8 Å². The molecule has 0 aliphatic carbocycles. The number of carbonyl (C=O) groups excluding carboxylic acids is 1. The van der Waals surface area contributed by atoms with Crippen LogP contribution in [0, 0.1) is 0 Å². The molecule has 3 nitrogen and oxygen atoms in total. The number of benzene rings is 1. The van der Waals surface area contributed by atoms with E-state index >= 15 is 0 Å². The molecule has 94 valence electrons. The maximum Gasteiger partial charge on any atom is 0.167 e. The highest BCUT2D eigenvalue weighted by atomic mass is 79.9. The van der Waals surface area contributed by atoms with Crippen molar-refractivity contribution in [2.24, 2.45) is 5.73 Å². The molecule has 0 aliphatic rings. The number of hydrogen-bond acceptors (Lipinski definition) is 3. The Morgan fingerprint density at radius 1 is 1.47 bits per heavy atom. The molecule has 0 radical (unpaired) electrons. The number of Topliss-reactive ketones (excluding diaryl/α,β-unsaturated/α-hetero) is 1. The van der Waals surface area contributed by atoms with Crippen LogP contribution < -0.4 is 10.5 Å². The van der Waals surface area contributed by atoms with E-state index in [0.717, 1.165) is 10.0 Å². The highest BCUT2D eigenvalue weighted by Crippen LogP contribution is 2.34. The molecule has 4 heteroatoms. The minimum absolute atomic E-state index is 0.0209. The molecule has 0 spiro atoms. The normalized spacial score (nSPS) is 10.7. The first-order valence-corrected chi connectivity index (χ1v) is 6.41. The number of methoxy groups -OCH3 is 1. The second kappa shape index (κ2) is 6.17. The number of ketones is 1. The lowest BCUT2D eigenvalue weighted by Gasteiger charge is -2.16. The van der Waals surface area contributed by atoms with Gasteiger partial charge in [-0.3, -0.25) is 4.79 Å². The average Bonchev–Trinajstić information content (AvgIpc) is 2.28. The summed E-state index contributed by atoms with van der Waals surface area (Å²) >= 11 is 3.43.